The van der Waals surface area contributed by atoms with Crippen molar-refractivity contribution in [2.75, 3.05) is 14.1 Å². The van der Waals surface area contributed by atoms with E-state index in [1.54, 1.807) is 19.0 Å². The normalized spacial score (nSPS) is 17.7. The molecule has 0 aliphatic carbocycles. The lowest BCUT2D eigenvalue weighted by atomic mass is 10.8. The van der Waals surface area contributed by atoms with Gasteiger partial charge in [-0.05, 0) is 0 Å². The molecule has 0 saturated heterocycles. The highest BCUT2D eigenvalue weighted by molar-refractivity contribution is 5.79. The summed E-state index contributed by atoms with van der Waals surface area (Å²) in [6.45, 7) is -2.61. The van der Waals surface area contributed by atoms with E-state index in [0.717, 1.165) is 0 Å². The molecular weight excluding hydrogens is 156 g/mol. The van der Waals surface area contributed by atoms with Gasteiger partial charge in [-0.2, -0.15) is 8.78 Å². The Kier molecular flexibility index (Phi) is 2.08. The first-order chi connectivity index (χ1) is 5.11. The van der Waals surface area contributed by atoms with E-state index in [-0.39, 0.29) is 0 Å². The number of hydrogen-bond donors (Lipinski definition) is 2. The summed E-state index contributed by atoms with van der Waals surface area (Å²) in [5, 5.41) is 4.07. The third-order valence-electron chi connectivity index (χ3n) is 1.10. The van der Waals surface area contributed by atoms with Crippen LogP contribution in [-0.2, 0) is 0 Å². The predicted molar refractivity (Wildman–Crippen MR) is 35.2 cm³/mol. The van der Waals surface area contributed by atoms with Gasteiger partial charge in [0.15, 0.2) is 0 Å². The smallest absolute Gasteiger partial charge is 0.329 e. The summed E-state index contributed by atoms with van der Waals surface area (Å²) in [6, 6.07) is 0. The van der Waals surface area contributed by atoms with Crippen LogP contribution in [0.4, 0.5) is 8.78 Å². The number of nitrogens with one attached hydrogen (secondary N) is 2. The van der Waals surface area contributed by atoms with Crippen molar-refractivity contribution < 1.29 is 8.78 Å². The van der Waals surface area contributed by atoms with Gasteiger partial charge in [0.25, 0.3) is 0 Å². The number of nitrogens with zero attached hydrogens (tertiary/aromatic N) is 3. The first-order valence-electron chi connectivity index (χ1n) is 2.96. The summed E-state index contributed by atoms with van der Waals surface area (Å²) in [7, 11) is 3.39. The van der Waals surface area contributed by atoms with Crippen LogP contribution in [0, 0.1) is 0 Å². The van der Waals surface area contributed by atoms with Crippen LogP contribution in [0.1, 0.15) is 0 Å². The average Bonchev–Trinajstić information content (AvgIpc) is 2.33. The Hall–Kier alpha value is -1.11. The molecule has 0 atom stereocenters. The number of hydrazine groups is 2. The Morgan fingerprint density at radius 3 is 2.45 bits per heavy atom. The summed E-state index contributed by atoms with van der Waals surface area (Å²) >= 11 is 0. The molecular formula is C4H9F2N5. The van der Waals surface area contributed by atoms with E-state index >= 15 is 0 Å². The molecule has 0 saturated carbocycles. The SMILES string of the molecule is CN(C)C1=NNN(C(F)F)N1. The minimum atomic E-state index is -2.61. The quantitative estimate of drug-likeness (QED) is 0.507. The number of hydrazone groups is 1. The highest BCUT2D eigenvalue weighted by Gasteiger charge is 2.22. The first kappa shape index (κ1) is 7.99. The van der Waals surface area contributed by atoms with E-state index in [1.165, 1.54) is 0 Å². The predicted octanol–water partition coefficient (Wildman–Crippen LogP) is -0.634. The van der Waals surface area contributed by atoms with Crippen LogP contribution in [-0.4, -0.2) is 36.6 Å². The number of guanidine groups is 1. The van der Waals surface area contributed by atoms with Gasteiger partial charge < -0.3 is 4.90 Å². The molecule has 0 aromatic heterocycles. The summed E-state index contributed by atoms with van der Waals surface area (Å²) in [6.07, 6.45) is 0. The van der Waals surface area contributed by atoms with Crippen LogP contribution in [0.2, 0.25) is 0 Å². The van der Waals surface area contributed by atoms with Gasteiger partial charge in [0.05, 0.1) is 0 Å². The molecule has 1 aliphatic rings. The monoisotopic (exact) mass is 165 g/mol. The van der Waals surface area contributed by atoms with E-state index in [0.29, 0.717) is 11.1 Å². The number of rotatable bonds is 1. The molecule has 1 aliphatic heterocycles. The maximum Gasteiger partial charge on any atom is 0.329 e. The van der Waals surface area contributed by atoms with Crippen molar-refractivity contribution >= 4 is 5.96 Å². The molecule has 5 nitrogen and oxygen atoms in total. The maximum absolute atomic E-state index is 11.9. The minimum absolute atomic E-state index is 0.352. The molecule has 2 N–H and O–H groups in total. The van der Waals surface area contributed by atoms with Crippen LogP contribution in [0.3, 0.4) is 0 Å². The van der Waals surface area contributed by atoms with E-state index in [4.69, 9.17) is 0 Å². The van der Waals surface area contributed by atoms with Crippen LogP contribution in [0.5, 0.6) is 0 Å². The van der Waals surface area contributed by atoms with Gasteiger partial charge in [0.1, 0.15) is 0 Å². The van der Waals surface area contributed by atoms with Gasteiger partial charge in [0.2, 0.25) is 5.96 Å². The van der Waals surface area contributed by atoms with Gasteiger partial charge >= 0.3 is 6.55 Å². The van der Waals surface area contributed by atoms with Crippen molar-refractivity contribution in [3.63, 3.8) is 0 Å². The lowest BCUT2D eigenvalue weighted by Gasteiger charge is -2.16. The maximum atomic E-state index is 11.9. The second-order valence-corrected chi connectivity index (χ2v) is 2.19. The Bertz CT molecular complexity index is 168. The van der Waals surface area contributed by atoms with Crippen molar-refractivity contribution in [2.24, 2.45) is 5.10 Å². The number of hydrogen-bond acceptors (Lipinski definition) is 5. The molecule has 0 unspecified atom stereocenters. The van der Waals surface area contributed by atoms with E-state index in [2.05, 4.69) is 16.1 Å². The molecule has 0 aromatic rings. The minimum Gasteiger partial charge on any atom is -0.346 e. The fourth-order valence-corrected chi connectivity index (χ4v) is 0.551. The molecule has 0 aromatic carbocycles. The molecule has 1 heterocycles. The van der Waals surface area contributed by atoms with Crippen molar-refractivity contribution in [3.05, 3.63) is 0 Å². The number of halogens is 2. The van der Waals surface area contributed by atoms with Gasteiger partial charge in [-0.1, -0.05) is 5.12 Å². The molecule has 0 radical (unpaired) electrons. The lowest BCUT2D eigenvalue weighted by Crippen LogP contribution is -2.47. The molecule has 64 valence electrons. The van der Waals surface area contributed by atoms with Gasteiger partial charge in [0, 0.05) is 14.1 Å². The second-order valence-electron chi connectivity index (χ2n) is 2.19. The molecule has 0 fully saturated rings. The molecule has 1 rings (SSSR count). The van der Waals surface area contributed by atoms with Crippen molar-refractivity contribution in [1.29, 1.82) is 0 Å². The third kappa shape index (κ3) is 1.67. The van der Waals surface area contributed by atoms with Gasteiger partial charge in [-0.15, -0.1) is 5.10 Å². The fourth-order valence-electron chi connectivity index (χ4n) is 0.551. The van der Waals surface area contributed by atoms with Crippen LogP contribution in [0.25, 0.3) is 0 Å². The van der Waals surface area contributed by atoms with Crippen molar-refractivity contribution in [2.45, 2.75) is 6.55 Å². The Morgan fingerprint density at radius 2 is 2.18 bits per heavy atom. The molecule has 0 amide bonds. The Balaban J connectivity index is 2.43. The van der Waals surface area contributed by atoms with E-state index in [9.17, 15) is 8.78 Å². The van der Waals surface area contributed by atoms with Gasteiger partial charge in [-0.3, -0.25) is 5.43 Å². The number of alkyl halides is 2. The molecule has 0 bridgehead atoms. The van der Waals surface area contributed by atoms with E-state index < -0.39 is 6.55 Å². The second kappa shape index (κ2) is 2.87. The van der Waals surface area contributed by atoms with Crippen LogP contribution in [0.15, 0.2) is 5.10 Å². The summed E-state index contributed by atoms with van der Waals surface area (Å²) in [5.74, 6) is 0.352. The summed E-state index contributed by atoms with van der Waals surface area (Å²) < 4.78 is 23.8. The highest BCUT2D eigenvalue weighted by atomic mass is 19.3. The Labute approximate surface area is 62.6 Å². The molecule has 0 spiro atoms. The zero-order valence-corrected chi connectivity index (χ0v) is 6.17. The van der Waals surface area contributed by atoms with E-state index in [1.807, 2.05) is 0 Å². The standard InChI is InChI=1S/C4H9F2N5/c1-10(2)4-7-9-11(8-4)3(5)6/h3,9H,1-2H3,(H,7,8). The topological polar surface area (TPSA) is 42.9 Å². The Morgan fingerprint density at radius 1 is 1.55 bits per heavy atom. The lowest BCUT2D eigenvalue weighted by molar-refractivity contribution is -0.0717. The summed E-state index contributed by atoms with van der Waals surface area (Å²) in [4.78, 5) is 1.58. The highest BCUT2D eigenvalue weighted by Crippen LogP contribution is 1.99. The summed E-state index contributed by atoms with van der Waals surface area (Å²) in [5.41, 5.74) is 4.44. The third-order valence-corrected chi connectivity index (χ3v) is 1.10. The van der Waals surface area contributed by atoms with Crippen molar-refractivity contribution in [1.82, 2.24) is 21.0 Å². The van der Waals surface area contributed by atoms with Crippen molar-refractivity contribution in [3.8, 4) is 0 Å². The van der Waals surface area contributed by atoms with Crippen LogP contribution >= 0.6 is 0 Å². The van der Waals surface area contributed by atoms with Gasteiger partial charge in [-0.25, -0.2) is 5.53 Å². The largest absolute Gasteiger partial charge is 0.346 e. The zero-order chi connectivity index (χ0) is 8.43. The average molecular weight is 165 g/mol. The van der Waals surface area contributed by atoms with Crippen LogP contribution < -0.4 is 11.0 Å². The first-order valence-corrected chi connectivity index (χ1v) is 2.96. The fraction of sp³-hybridized carbons (Fsp3) is 0.750. The zero-order valence-electron chi connectivity index (χ0n) is 6.17. The molecule has 11 heavy (non-hydrogen) atoms. The molecule has 7 heteroatoms.